The Hall–Kier alpha value is -3.03. The molecule has 1 fully saturated rings. The van der Waals surface area contributed by atoms with Gasteiger partial charge in [-0.15, -0.1) is 0 Å². The standard InChI is InChI=1S/C21H26N6O2/c1-16-13-23-27(14-16)12-8-20(28)26-11-2-3-17(15-26)4-5-19-24-21(29-25-19)18-6-9-22-10-7-18/h6-7,9-10,13-14,17H,2-5,8,11-12,15H2,1H3. The van der Waals surface area contributed by atoms with E-state index in [1.807, 2.05) is 41.0 Å². The maximum Gasteiger partial charge on any atom is 0.258 e. The Bertz CT molecular complexity index is 936. The van der Waals surface area contributed by atoms with Crippen molar-refractivity contribution in [1.29, 1.82) is 0 Å². The summed E-state index contributed by atoms with van der Waals surface area (Å²) in [5, 5.41) is 8.35. The molecule has 3 aromatic heterocycles. The lowest BCUT2D eigenvalue weighted by Crippen LogP contribution is -2.40. The topological polar surface area (TPSA) is 89.9 Å². The van der Waals surface area contributed by atoms with Crippen LogP contribution in [0, 0.1) is 12.8 Å². The van der Waals surface area contributed by atoms with E-state index >= 15 is 0 Å². The molecule has 0 spiro atoms. The van der Waals surface area contributed by atoms with Crippen LogP contribution in [-0.2, 0) is 17.8 Å². The minimum Gasteiger partial charge on any atom is -0.342 e. The summed E-state index contributed by atoms with van der Waals surface area (Å²) in [6, 6.07) is 3.71. The summed E-state index contributed by atoms with van der Waals surface area (Å²) in [7, 11) is 0. The fourth-order valence-electron chi connectivity index (χ4n) is 3.79. The number of rotatable bonds is 7. The molecule has 1 atom stereocenters. The van der Waals surface area contributed by atoms with Crippen LogP contribution in [0.1, 0.15) is 37.1 Å². The zero-order valence-corrected chi connectivity index (χ0v) is 16.7. The van der Waals surface area contributed by atoms with Crippen molar-refractivity contribution in [2.24, 2.45) is 5.92 Å². The maximum absolute atomic E-state index is 12.6. The molecule has 0 saturated carbocycles. The summed E-state index contributed by atoms with van der Waals surface area (Å²) in [6.45, 7) is 4.30. The molecule has 1 aliphatic rings. The average Bonchev–Trinajstić information content (AvgIpc) is 3.40. The molecule has 29 heavy (non-hydrogen) atoms. The average molecular weight is 394 g/mol. The lowest BCUT2D eigenvalue weighted by molar-refractivity contribution is -0.133. The van der Waals surface area contributed by atoms with Crippen molar-refractivity contribution in [3.63, 3.8) is 0 Å². The number of piperidine rings is 1. The van der Waals surface area contributed by atoms with Crippen LogP contribution in [0.2, 0.25) is 0 Å². The highest BCUT2D eigenvalue weighted by atomic mass is 16.5. The van der Waals surface area contributed by atoms with Crippen molar-refractivity contribution in [2.45, 2.75) is 45.6 Å². The van der Waals surface area contributed by atoms with Crippen LogP contribution in [0.15, 0.2) is 41.4 Å². The number of amides is 1. The predicted octanol–water partition coefficient (Wildman–Crippen LogP) is 2.90. The molecule has 4 heterocycles. The highest BCUT2D eigenvalue weighted by molar-refractivity contribution is 5.76. The van der Waals surface area contributed by atoms with Crippen molar-refractivity contribution < 1.29 is 9.32 Å². The highest BCUT2D eigenvalue weighted by Crippen LogP contribution is 2.23. The van der Waals surface area contributed by atoms with Gasteiger partial charge >= 0.3 is 0 Å². The second-order valence-electron chi connectivity index (χ2n) is 7.67. The van der Waals surface area contributed by atoms with E-state index in [0.29, 0.717) is 30.6 Å². The number of aromatic nitrogens is 5. The Morgan fingerprint density at radius 3 is 2.97 bits per heavy atom. The molecule has 1 aliphatic heterocycles. The first-order valence-electron chi connectivity index (χ1n) is 10.2. The van der Waals surface area contributed by atoms with Crippen LogP contribution < -0.4 is 0 Å². The molecule has 4 rings (SSSR count). The summed E-state index contributed by atoms with van der Waals surface area (Å²) in [5.41, 5.74) is 1.99. The Labute approximate surface area is 169 Å². The van der Waals surface area contributed by atoms with Gasteiger partial charge in [-0.1, -0.05) is 5.16 Å². The molecule has 0 aliphatic carbocycles. The third kappa shape index (κ3) is 5.07. The van der Waals surface area contributed by atoms with Gasteiger partial charge in [0.05, 0.1) is 6.20 Å². The van der Waals surface area contributed by atoms with Gasteiger partial charge in [-0.2, -0.15) is 10.1 Å². The SMILES string of the molecule is Cc1cnn(CCC(=O)N2CCCC(CCc3noc(-c4ccncc4)n3)C2)c1. The minimum atomic E-state index is 0.211. The monoisotopic (exact) mass is 394 g/mol. The van der Waals surface area contributed by atoms with Crippen molar-refractivity contribution in [2.75, 3.05) is 13.1 Å². The smallest absolute Gasteiger partial charge is 0.258 e. The zero-order chi connectivity index (χ0) is 20.1. The normalized spacial score (nSPS) is 16.9. The van der Waals surface area contributed by atoms with E-state index in [1.165, 1.54) is 0 Å². The predicted molar refractivity (Wildman–Crippen MR) is 107 cm³/mol. The molecule has 0 radical (unpaired) electrons. The van der Waals surface area contributed by atoms with E-state index in [2.05, 4.69) is 20.2 Å². The molecule has 0 bridgehead atoms. The number of hydrogen-bond donors (Lipinski definition) is 0. The van der Waals surface area contributed by atoms with Crippen molar-refractivity contribution in [1.82, 2.24) is 29.8 Å². The number of nitrogens with zero attached hydrogens (tertiary/aromatic N) is 6. The Morgan fingerprint density at radius 1 is 1.31 bits per heavy atom. The van der Waals surface area contributed by atoms with Crippen LogP contribution >= 0.6 is 0 Å². The summed E-state index contributed by atoms with van der Waals surface area (Å²) in [4.78, 5) is 23.1. The van der Waals surface area contributed by atoms with Gasteiger partial charge in [0.2, 0.25) is 5.91 Å². The first kappa shape index (κ1) is 19.3. The molecule has 1 unspecified atom stereocenters. The van der Waals surface area contributed by atoms with Gasteiger partial charge in [-0.3, -0.25) is 14.5 Å². The molecule has 3 aromatic rings. The number of aryl methyl sites for hydroxylation is 3. The number of carbonyl (C=O) groups excluding carboxylic acids is 1. The lowest BCUT2D eigenvalue weighted by atomic mass is 9.93. The van der Waals surface area contributed by atoms with Gasteiger partial charge in [0, 0.05) is 56.6 Å². The van der Waals surface area contributed by atoms with Crippen LogP contribution in [0.25, 0.3) is 11.5 Å². The molecule has 8 nitrogen and oxygen atoms in total. The van der Waals surface area contributed by atoms with Crippen LogP contribution in [-0.4, -0.2) is 48.8 Å². The quantitative estimate of drug-likeness (QED) is 0.612. The van der Waals surface area contributed by atoms with Crippen molar-refractivity contribution >= 4 is 5.91 Å². The summed E-state index contributed by atoms with van der Waals surface area (Å²) in [6.07, 6.45) is 11.6. The lowest BCUT2D eigenvalue weighted by Gasteiger charge is -2.32. The van der Waals surface area contributed by atoms with Gasteiger partial charge < -0.3 is 9.42 Å². The molecule has 0 aromatic carbocycles. The van der Waals surface area contributed by atoms with E-state index in [9.17, 15) is 4.79 Å². The Morgan fingerprint density at radius 2 is 2.17 bits per heavy atom. The van der Waals surface area contributed by atoms with E-state index in [1.54, 1.807) is 12.4 Å². The third-order valence-corrected chi connectivity index (χ3v) is 5.36. The minimum absolute atomic E-state index is 0.211. The molecule has 0 N–H and O–H groups in total. The summed E-state index contributed by atoms with van der Waals surface area (Å²) >= 11 is 0. The molecular weight excluding hydrogens is 368 g/mol. The van der Waals surface area contributed by atoms with Gasteiger partial charge in [0.25, 0.3) is 5.89 Å². The van der Waals surface area contributed by atoms with Crippen LogP contribution in [0.5, 0.6) is 0 Å². The number of carbonyl (C=O) groups is 1. The third-order valence-electron chi connectivity index (χ3n) is 5.36. The fraction of sp³-hybridized carbons (Fsp3) is 0.476. The van der Waals surface area contributed by atoms with E-state index < -0.39 is 0 Å². The molecule has 152 valence electrons. The number of hydrogen-bond acceptors (Lipinski definition) is 6. The number of pyridine rings is 1. The largest absolute Gasteiger partial charge is 0.342 e. The molecule has 8 heteroatoms. The Balaban J connectivity index is 1.25. The Kier molecular flexibility index (Phi) is 5.97. The van der Waals surface area contributed by atoms with Gasteiger partial charge in [-0.05, 0) is 49.8 Å². The van der Waals surface area contributed by atoms with E-state index in [4.69, 9.17) is 4.52 Å². The highest BCUT2D eigenvalue weighted by Gasteiger charge is 2.24. The first-order chi connectivity index (χ1) is 14.2. The van der Waals surface area contributed by atoms with Crippen molar-refractivity contribution in [3.05, 3.63) is 48.3 Å². The molecule has 1 saturated heterocycles. The van der Waals surface area contributed by atoms with E-state index in [-0.39, 0.29) is 5.91 Å². The van der Waals surface area contributed by atoms with Crippen molar-refractivity contribution in [3.8, 4) is 11.5 Å². The molecular formula is C21H26N6O2. The van der Waals surface area contributed by atoms with Crippen LogP contribution in [0.4, 0.5) is 0 Å². The number of likely N-dealkylation sites (tertiary alicyclic amines) is 1. The summed E-state index contributed by atoms with van der Waals surface area (Å²) < 4.78 is 7.20. The van der Waals surface area contributed by atoms with Gasteiger partial charge in [0.15, 0.2) is 5.82 Å². The van der Waals surface area contributed by atoms with Crippen LogP contribution in [0.3, 0.4) is 0 Å². The zero-order valence-electron chi connectivity index (χ0n) is 16.7. The second-order valence-corrected chi connectivity index (χ2v) is 7.67. The maximum atomic E-state index is 12.6. The fourth-order valence-corrected chi connectivity index (χ4v) is 3.79. The summed E-state index contributed by atoms with van der Waals surface area (Å²) in [5.74, 6) is 1.93. The second kappa shape index (κ2) is 8.98. The van der Waals surface area contributed by atoms with Gasteiger partial charge in [0.1, 0.15) is 0 Å². The first-order valence-corrected chi connectivity index (χ1v) is 10.2. The molecule has 1 amide bonds. The van der Waals surface area contributed by atoms with Gasteiger partial charge in [-0.25, -0.2) is 0 Å². The van der Waals surface area contributed by atoms with E-state index in [0.717, 1.165) is 49.9 Å².